The Morgan fingerprint density at radius 3 is 1.74 bits per heavy atom. The molecule has 0 aromatic heterocycles. The Balaban J connectivity index is 1.93. The van der Waals surface area contributed by atoms with E-state index in [-0.39, 0.29) is 6.04 Å². The molecule has 0 saturated carbocycles. The number of nitrogens with zero attached hydrogens (tertiary/aromatic N) is 1. The van der Waals surface area contributed by atoms with E-state index in [1.807, 2.05) is 48.5 Å². The standard InChI is InChI=1S/C19H21Cl2NO/c20-16-8-4-14(5-9-16)18(22-12-2-1-3-13-22)19(23)15-6-10-17(21)11-7-15/h4-11,18-19,23H,1-3,12-13H2/t18-,19-/m0/s1. The number of aliphatic hydroxyl groups is 1. The average Bonchev–Trinajstić information content (AvgIpc) is 2.58. The fourth-order valence-electron chi connectivity index (χ4n) is 3.29. The van der Waals surface area contributed by atoms with Crippen LogP contribution in [0.2, 0.25) is 10.0 Å². The summed E-state index contributed by atoms with van der Waals surface area (Å²) in [6, 6.07) is 15.2. The second kappa shape index (κ2) is 7.67. The van der Waals surface area contributed by atoms with Crippen LogP contribution >= 0.6 is 23.2 Å². The first-order chi connectivity index (χ1) is 11.1. The summed E-state index contributed by atoms with van der Waals surface area (Å²) in [6.07, 6.45) is 3.03. The highest BCUT2D eigenvalue weighted by Gasteiger charge is 2.29. The van der Waals surface area contributed by atoms with Crippen molar-refractivity contribution < 1.29 is 5.11 Å². The zero-order valence-electron chi connectivity index (χ0n) is 13.0. The molecule has 0 radical (unpaired) electrons. The molecule has 1 fully saturated rings. The van der Waals surface area contributed by atoms with Gasteiger partial charge in [-0.15, -0.1) is 0 Å². The Bertz CT molecular complexity index is 621. The van der Waals surface area contributed by atoms with E-state index in [1.165, 1.54) is 19.3 Å². The molecule has 1 N–H and O–H groups in total. The molecule has 2 atom stereocenters. The van der Waals surface area contributed by atoms with Crippen molar-refractivity contribution in [3.05, 3.63) is 69.7 Å². The highest BCUT2D eigenvalue weighted by Crippen LogP contribution is 2.36. The van der Waals surface area contributed by atoms with Crippen LogP contribution in [0.5, 0.6) is 0 Å². The van der Waals surface area contributed by atoms with E-state index in [2.05, 4.69) is 4.90 Å². The van der Waals surface area contributed by atoms with Crippen molar-refractivity contribution in [3.8, 4) is 0 Å². The summed E-state index contributed by atoms with van der Waals surface area (Å²) in [5.74, 6) is 0. The summed E-state index contributed by atoms with van der Waals surface area (Å²) in [5, 5.41) is 12.4. The number of aliphatic hydroxyl groups excluding tert-OH is 1. The molecule has 1 aliphatic heterocycles. The van der Waals surface area contributed by atoms with Gasteiger partial charge in [0.1, 0.15) is 0 Å². The van der Waals surface area contributed by atoms with Gasteiger partial charge in [-0.25, -0.2) is 0 Å². The first-order valence-electron chi connectivity index (χ1n) is 8.08. The second-order valence-corrected chi connectivity index (χ2v) is 6.96. The van der Waals surface area contributed by atoms with E-state index < -0.39 is 6.10 Å². The normalized spacial score (nSPS) is 18.6. The van der Waals surface area contributed by atoms with Gasteiger partial charge >= 0.3 is 0 Å². The Morgan fingerprint density at radius 2 is 1.22 bits per heavy atom. The predicted octanol–water partition coefficient (Wildman–Crippen LogP) is 5.25. The minimum atomic E-state index is -0.591. The third kappa shape index (κ3) is 4.07. The maximum absolute atomic E-state index is 11.0. The molecule has 0 amide bonds. The molecule has 122 valence electrons. The number of rotatable bonds is 4. The van der Waals surface area contributed by atoms with Gasteiger partial charge in [-0.2, -0.15) is 0 Å². The average molecular weight is 350 g/mol. The molecular weight excluding hydrogens is 329 g/mol. The fraction of sp³-hybridized carbons (Fsp3) is 0.368. The number of hydrogen-bond acceptors (Lipinski definition) is 2. The van der Waals surface area contributed by atoms with Crippen LogP contribution in [0, 0.1) is 0 Å². The van der Waals surface area contributed by atoms with E-state index >= 15 is 0 Å². The number of piperidine rings is 1. The highest BCUT2D eigenvalue weighted by atomic mass is 35.5. The second-order valence-electron chi connectivity index (χ2n) is 6.09. The Kier molecular flexibility index (Phi) is 5.60. The molecule has 0 aliphatic carbocycles. The lowest BCUT2D eigenvalue weighted by atomic mass is 9.93. The summed E-state index contributed by atoms with van der Waals surface area (Å²) in [7, 11) is 0. The van der Waals surface area contributed by atoms with Crippen LogP contribution in [-0.4, -0.2) is 23.1 Å². The summed E-state index contributed by atoms with van der Waals surface area (Å²) in [6.45, 7) is 2.02. The van der Waals surface area contributed by atoms with Gasteiger partial charge in [0.15, 0.2) is 0 Å². The molecular formula is C19H21Cl2NO. The topological polar surface area (TPSA) is 23.5 Å². The van der Waals surface area contributed by atoms with Crippen molar-refractivity contribution in [3.63, 3.8) is 0 Å². The van der Waals surface area contributed by atoms with Crippen LogP contribution in [0.25, 0.3) is 0 Å². The lowest BCUT2D eigenvalue weighted by Crippen LogP contribution is -2.37. The van der Waals surface area contributed by atoms with Crippen molar-refractivity contribution in [2.24, 2.45) is 0 Å². The maximum Gasteiger partial charge on any atom is 0.0986 e. The summed E-state index contributed by atoms with van der Waals surface area (Å²) < 4.78 is 0. The Labute approximate surface area is 147 Å². The van der Waals surface area contributed by atoms with Gasteiger partial charge < -0.3 is 5.11 Å². The molecule has 1 saturated heterocycles. The largest absolute Gasteiger partial charge is 0.386 e. The molecule has 1 heterocycles. The maximum atomic E-state index is 11.0. The van der Waals surface area contributed by atoms with Crippen LogP contribution in [0.3, 0.4) is 0 Å². The van der Waals surface area contributed by atoms with E-state index in [4.69, 9.17) is 23.2 Å². The van der Waals surface area contributed by atoms with Crippen LogP contribution < -0.4 is 0 Å². The Morgan fingerprint density at radius 1 is 0.739 bits per heavy atom. The molecule has 2 aromatic carbocycles. The van der Waals surface area contributed by atoms with Crippen LogP contribution in [0.15, 0.2) is 48.5 Å². The van der Waals surface area contributed by atoms with Gasteiger partial charge in [0.2, 0.25) is 0 Å². The zero-order valence-corrected chi connectivity index (χ0v) is 14.5. The molecule has 0 unspecified atom stereocenters. The highest BCUT2D eigenvalue weighted by molar-refractivity contribution is 6.30. The van der Waals surface area contributed by atoms with Gasteiger partial charge in [0, 0.05) is 10.0 Å². The van der Waals surface area contributed by atoms with Gasteiger partial charge in [0.05, 0.1) is 12.1 Å². The van der Waals surface area contributed by atoms with E-state index in [0.29, 0.717) is 10.0 Å². The van der Waals surface area contributed by atoms with Crippen molar-refractivity contribution >= 4 is 23.2 Å². The number of likely N-dealkylation sites (tertiary alicyclic amines) is 1. The molecule has 2 nitrogen and oxygen atoms in total. The van der Waals surface area contributed by atoms with E-state index in [9.17, 15) is 5.11 Å². The first-order valence-corrected chi connectivity index (χ1v) is 8.84. The summed E-state index contributed by atoms with van der Waals surface area (Å²) >= 11 is 12.0. The van der Waals surface area contributed by atoms with Crippen molar-refractivity contribution in [2.45, 2.75) is 31.4 Å². The van der Waals surface area contributed by atoms with Gasteiger partial charge in [-0.05, 0) is 61.3 Å². The summed E-state index contributed by atoms with van der Waals surface area (Å²) in [5.41, 5.74) is 1.98. The molecule has 3 rings (SSSR count). The quantitative estimate of drug-likeness (QED) is 0.814. The third-order valence-corrected chi connectivity index (χ3v) is 5.01. The van der Waals surface area contributed by atoms with Gasteiger partial charge in [-0.3, -0.25) is 4.90 Å². The van der Waals surface area contributed by atoms with Crippen LogP contribution in [0.4, 0.5) is 0 Å². The lowest BCUT2D eigenvalue weighted by Gasteiger charge is -2.37. The molecule has 0 bridgehead atoms. The van der Waals surface area contributed by atoms with E-state index in [0.717, 1.165) is 24.2 Å². The lowest BCUT2D eigenvalue weighted by molar-refractivity contribution is 0.0362. The fourth-order valence-corrected chi connectivity index (χ4v) is 3.54. The van der Waals surface area contributed by atoms with Crippen molar-refractivity contribution in [2.75, 3.05) is 13.1 Å². The van der Waals surface area contributed by atoms with Gasteiger partial charge in [0.25, 0.3) is 0 Å². The molecule has 4 heteroatoms. The van der Waals surface area contributed by atoms with Gasteiger partial charge in [-0.1, -0.05) is 53.9 Å². The number of benzene rings is 2. The number of halogens is 2. The summed E-state index contributed by atoms with van der Waals surface area (Å²) in [4.78, 5) is 2.38. The number of hydrogen-bond donors (Lipinski definition) is 1. The zero-order chi connectivity index (χ0) is 16.2. The smallest absolute Gasteiger partial charge is 0.0986 e. The Hall–Kier alpha value is -1.06. The predicted molar refractivity (Wildman–Crippen MR) is 96.0 cm³/mol. The van der Waals surface area contributed by atoms with Crippen molar-refractivity contribution in [1.82, 2.24) is 4.90 Å². The minimum Gasteiger partial charge on any atom is -0.386 e. The molecule has 2 aromatic rings. The monoisotopic (exact) mass is 349 g/mol. The SMILES string of the molecule is O[C@@H](c1ccc(Cl)cc1)[C@H](c1ccc(Cl)cc1)N1CCCCC1. The molecule has 1 aliphatic rings. The van der Waals surface area contributed by atoms with Crippen LogP contribution in [0.1, 0.15) is 42.5 Å². The molecule has 0 spiro atoms. The first kappa shape index (κ1) is 16.8. The van der Waals surface area contributed by atoms with E-state index in [1.54, 1.807) is 0 Å². The minimum absolute atomic E-state index is 0.0613. The molecule has 23 heavy (non-hydrogen) atoms. The van der Waals surface area contributed by atoms with Crippen LogP contribution in [-0.2, 0) is 0 Å². The van der Waals surface area contributed by atoms with Crippen molar-refractivity contribution in [1.29, 1.82) is 0 Å². The third-order valence-electron chi connectivity index (χ3n) is 4.51.